The Bertz CT molecular complexity index is 659. The fourth-order valence-corrected chi connectivity index (χ4v) is 2.21. The van der Waals surface area contributed by atoms with Crippen LogP contribution in [0, 0.1) is 5.82 Å². The minimum absolute atomic E-state index is 0.0816. The SMILES string of the molecule is NCCNC(=O)c1csc(NC(=O)c2ccccc2F)n1. The summed E-state index contributed by atoms with van der Waals surface area (Å²) >= 11 is 1.08. The van der Waals surface area contributed by atoms with E-state index in [-0.39, 0.29) is 22.3 Å². The van der Waals surface area contributed by atoms with Gasteiger partial charge >= 0.3 is 0 Å². The van der Waals surface area contributed by atoms with Gasteiger partial charge in [-0.3, -0.25) is 14.9 Å². The number of halogens is 1. The van der Waals surface area contributed by atoms with Crippen LogP contribution in [0.5, 0.6) is 0 Å². The summed E-state index contributed by atoms with van der Waals surface area (Å²) in [4.78, 5) is 27.5. The van der Waals surface area contributed by atoms with Gasteiger partial charge in [0.05, 0.1) is 5.56 Å². The zero-order valence-corrected chi connectivity index (χ0v) is 11.7. The van der Waals surface area contributed by atoms with Crippen molar-refractivity contribution in [3.8, 4) is 0 Å². The van der Waals surface area contributed by atoms with Crippen molar-refractivity contribution in [2.75, 3.05) is 18.4 Å². The van der Waals surface area contributed by atoms with Crippen molar-refractivity contribution in [1.82, 2.24) is 10.3 Å². The van der Waals surface area contributed by atoms with Crippen LogP contribution in [-0.4, -0.2) is 29.9 Å². The molecule has 1 heterocycles. The molecule has 0 saturated heterocycles. The number of nitrogens with zero attached hydrogens (tertiary/aromatic N) is 1. The van der Waals surface area contributed by atoms with Gasteiger partial charge in [0.2, 0.25) is 0 Å². The number of thiazole rings is 1. The van der Waals surface area contributed by atoms with E-state index < -0.39 is 11.7 Å². The summed E-state index contributed by atoms with van der Waals surface area (Å²) in [7, 11) is 0. The lowest BCUT2D eigenvalue weighted by Gasteiger charge is -2.02. The molecule has 0 aliphatic carbocycles. The second-order valence-electron chi connectivity index (χ2n) is 4.02. The Labute approximate surface area is 124 Å². The maximum absolute atomic E-state index is 13.5. The molecular weight excluding hydrogens is 295 g/mol. The van der Waals surface area contributed by atoms with Gasteiger partial charge in [-0.2, -0.15) is 0 Å². The summed E-state index contributed by atoms with van der Waals surface area (Å²) in [5, 5.41) is 6.74. The molecule has 1 aromatic heterocycles. The number of hydrogen-bond acceptors (Lipinski definition) is 5. The highest BCUT2D eigenvalue weighted by Crippen LogP contribution is 2.17. The molecule has 0 fully saturated rings. The number of benzene rings is 1. The predicted octanol–water partition coefficient (Wildman–Crippen LogP) is 1.22. The van der Waals surface area contributed by atoms with E-state index in [0.717, 1.165) is 11.3 Å². The Balaban J connectivity index is 2.04. The topological polar surface area (TPSA) is 97.1 Å². The van der Waals surface area contributed by atoms with E-state index in [9.17, 15) is 14.0 Å². The van der Waals surface area contributed by atoms with Crippen molar-refractivity contribution in [2.24, 2.45) is 5.73 Å². The van der Waals surface area contributed by atoms with Gasteiger partial charge < -0.3 is 11.1 Å². The lowest BCUT2D eigenvalue weighted by Crippen LogP contribution is -2.29. The van der Waals surface area contributed by atoms with E-state index in [1.165, 1.54) is 23.6 Å². The van der Waals surface area contributed by atoms with Crippen molar-refractivity contribution in [2.45, 2.75) is 0 Å². The molecule has 0 atom stereocenters. The molecule has 0 radical (unpaired) electrons. The second-order valence-corrected chi connectivity index (χ2v) is 4.87. The molecular formula is C13H13FN4O2S. The number of carbonyl (C=O) groups excluding carboxylic acids is 2. The van der Waals surface area contributed by atoms with Gasteiger partial charge in [0.15, 0.2) is 5.13 Å². The predicted molar refractivity (Wildman–Crippen MR) is 77.9 cm³/mol. The normalized spacial score (nSPS) is 10.2. The first-order valence-corrected chi connectivity index (χ1v) is 6.99. The molecule has 110 valence electrons. The third-order valence-corrected chi connectivity index (χ3v) is 3.26. The van der Waals surface area contributed by atoms with Crippen LogP contribution in [0.4, 0.5) is 9.52 Å². The summed E-state index contributed by atoms with van der Waals surface area (Å²) in [6.07, 6.45) is 0. The number of nitrogens with one attached hydrogen (secondary N) is 2. The van der Waals surface area contributed by atoms with Crippen LogP contribution in [0.1, 0.15) is 20.8 Å². The van der Waals surface area contributed by atoms with Crippen LogP contribution in [0.15, 0.2) is 29.6 Å². The minimum Gasteiger partial charge on any atom is -0.349 e. The largest absolute Gasteiger partial charge is 0.349 e. The first-order chi connectivity index (χ1) is 10.1. The van der Waals surface area contributed by atoms with E-state index in [2.05, 4.69) is 15.6 Å². The minimum atomic E-state index is -0.618. The van der Waals surface area contributed by atoms with Crippen molar-refractivity contribution < 1.29 is 14.0 Å². The Kier molecular flexibility index (Phi) is 4.96. The third-order valence-electron chi connectivity index (χ3n) is 2.51. The Morgan fingerprint density at radius 2 is 2.05 bits per heavy atom. The van der Waals surface area contributed by atoms with Crippen molar-refractivity contribution in [3.05, 3.63) is 46.7 Å². The van der Waals surface area contributed by atoms with Crippen molar-refractivity contribution in [1.29, 1.82) is 0 Å². The van der Waals surface area contributed by atoms with Gasteiger partial charge in [0.1, 0.15) is 11.5 Å². The number of amides is 2. The van der Waals surface area contributed by atoms with Gasteiger partial charge in [0, 0.05) is 18.5 Å². The molecule has 2 rings (SSSR count). The second kappa shape index (κ2) is 6.91. The van der Waals surface area contributed by atoms with E-state index >= 15 is 0 Å². The summed E-state index contributed by atoms with van der Waals surface area (Å²) in [5.74, 6) is -1.60. The number of aromatic nitrogens is 1. The summed E-state index contributed by atoms with van der Waals surface area (Å²) in [5.41, 5.74) is 5.38. The molecule has 0 spiro atoms. The van der Waals surface area contributed by atoms with Gasteiger partial charge in [-0.05, 0) is 12.1 Å². The maximum Gasteiger partial charge on any atom is 0.270 e. The Hall–Kier alpha value is -2.32. The molecule has 8 heteroatoms. The number of carbonyl (C=O) groups is 2. The zero-order chi connectivity index (χ0) is 15.2. The quantitative estimate of drug-likeness (QED) is 0.773. The lowest BCUT2D eigenvalue weighted by molar-refractivity contribution is 0.0948. The number of hydrogen-bond donors (Lipinski definition) is 3. The highest BCUT2D eigenvalue weighted by Gasteiger charge is 2.15. The summed E-state index contributed by atoms with van der Waals surface area (Å²) in [6.45, 7) is 0.667. The van der Waals surface area contributed by atoms with Gasteiger partial charge in [-0.25, -0.2) is 9.37 Å². The fraction of sp³-hybridized carbons (Fsp3) is 0.154. The molecule has 0 unspecified atom stereocenters. The number of rotatable bonds is 5. The summed E-state index contributed by atoms with van der Waals surface area (Å²) < 4.78 is 13.5. The lowest BCUT2D eigenvalue weighted by atomic mass is 10.2. The number of nitrogens with two attached hydrogens (primary N) is 1. The molecule has 6 nitrogen and oxygen atoms in total. The Morgan fingerprint density at radius 3 is 2.76 bits per heavy atom. The van der Waals surface area contributed by atoms with Gasteiger partial charge in [0.25, 0.3) is 11.8 Å². The van der Waals surface area contributed by atoms with Crippen LogP contribution < -0.4 is 16.4 Å². The molecule has 2 amide bonds. The monoisotopic (exact) mass is 308 g/mol. The number of anilines is 1. The Morgan fingerprint density at radius 1 is 1.29 bits per heavy atom. The first-order valence-electron chi connectivity index (χ1n) is 6.11. The molecule has 4 N–H and O–H groups in total. The smallest absolute Gasteiger partial charge is 0.270 e. The standard InChI is InChI=1S/C13H13FN4O2S/c14-9-4-2-1-3-8(9)11(19)18-13-17-10(7-21-13)12(20)16-6-5-15/h1-4,7H,5-6,15H2,(H,16,20)(H,17,18,19). The molecule has 0 bridgehead atoms. The van der Waals surface area contributed by atoms with E-state index in [1.807, 2.05) is 0 Å². The molecule has 1 aromatic carbocycles. The van der Waals surface area contributed by atoms with Crippen LogP contribution in [0.2, 0.25) is 0 Å². The molecule has 2 aromatic rings. The molecule has 0 aliphatic heterocycles. The van der Waals surface area contributed by atoms with Crippen molar-refractivity contribution >= 4 is 28.3 Å². The summed E-state index contributed by atoms with van der Waals surface area (Å²) in [6, 6.07) is 5.62. The van der Waals surface area contributed by atoms with E-state index in [1.54, 1.807) is 6.07 Å². The van der Waals surface area contributed by atoms with Gasteiger partial charge in [-0.15, -0.1) is 11.3 Å². The highest BCUT2D eigenvalue weighted by atomic mass is 32.1. The average molecular weight is 308 g/mol. The van der Waals surface area contributed by atoms with E-state index in [0.29, 0.717) is 13.1 Å². The molecule has 21 heavy (non-hydrogen) atoms. The first kappa shape index (κ1) is 15.1. The average Bonchev–Trinajstić information content (AvgIpc) is 2.93. The van der Waals surface area contributed by atoms with Crippen LogP contribution >= 0.6 is 11.3 Å². The molecule has 0 aliphatic rings. The zero-order valence-electron chi connectivity index (χ0n) is 10.9. The van der Waals surface area contributed by atoms with Crippen molar-refractivity contribution in [3.63, 3.8) is 0 Å². The molecule has 0 saturated carbocycles. The maximum atomic E-state index is 13.5. The van der Waals surface area contributed by atoms with Crippen LogP contribution in [-0.2, 0) is 0 Å². The van der Waals surface area contributed by atoms with Crippen LogP contribution in [0.25, 0.3) is 0 Å². The van der Waals surface area contributed by atoms with Gasteiger partial charge in [-0.1, -0.05) is 12.1 Å². The highest BCUT2D eigenvalue weighted by molar-refractivity contribution is 7.14. The van der Waals surface area contributed by atoms with Crippen LogP contribution in [0.3, 0.4) is 0 Å². The fourth-order valence-electron chi connectivity index (χ4n) is 1.52. The third kappa shape index (κ3) is 3.83. The van der Waals surface area contributed by atoms with E-state index in [4.69, 9.17) is 5.73 Å².